The first-order chi connectivity index (χ1) is 9.51. The fourth-order valence-corrected chi connectivity index (χ4v) is 4.05. The van der Waals surface area contributed by atoms with Crippen molar-refractivity contribution in [3.63, 3.8) is 0 Å². The second-order valence-corrected chi connectivity index (χ2v) is 6.87. The van der Waals surface area contributed by atoms with Gasteiger partial charge in [0, 0.05) is 3.57 Å². The van der Waals surface area contributed by atoms with Crippen molar-refractivity contribution in [1.29, 1.82) is 0 Å². The van der Waals surface area contributed by atoms with E-state index in [2.05, 4.69) is 22.6 Å². The van der Waals surface area contributed by atoms with E-state index in [1.807, 2.05) is 37.3 Å². The van der Waals surface area contributed by atoms with Gasteiger partial charge in [0.25, 0.3) is 0 Å². The lowest BCUT2D eigenvalue weighted by atomic mass is 9.78. The highest BCUT2D eigenvalue weighted by Gasteiger charge is 2.65. The zero-order chi connectivity index (χ0) is 14.1. The number of carbonyl (C=O) groups is 2. The molecule has 20 heavy (non-hydrogen) atoms. The molecule has 3 heterocycles. The molecule has 1 aromatic rings. The highest BCUT2D eigenvalue weighted by molar-refractivity contribution is 14.1. The van der Waals surface area contributed by atoms with Crippen molar-refractivity contribution in [1.82, 2.24) is 0 Å². The summed E-state index contributed by atoms with van der Waals surface area (Å²) in [6, 6.07) is 7.45. The van der Waals surface area contributed by atoms with Gasteiger partial charge in [-0.25, -0.2) is 4.90 Å². The average Bonchev–Trinajstić information content (AvgIpc) is 2.99. The van der Waals surface area contributed by atoms with Gasteiger partial charge < -0.3 is 4.74 Å². The van der Waals surface area contributed by atoms with Gasteiger partial charge in [0.1, 0.15) is 0 Å². The Labute approximate surface area is 129 Å². The molecule has 5 heteroatoms. The van der Waals surface area contributed by atoms with Crippen LogP contribution in [0.25, 0.3) is 0 Å². The summed E-state index contributed by atoms with van der Waals surface area (Å²) < 4.78 is 6.80. The molecule has 0 aliphatic carbocycles. The minimum Gasteiger partial charge on any atom is -0.362 e. The van der Waals surface area contributed by atoms with Gasteiger partial charge in [-0.15, -0.1) is 0 Å². The van der Waals surface area contributed by atoms with Crippen LogP contribution in [0.2, 0.25) is 0 Å². The summed E-state index contributed by atoms with van der Waals surface area (Å²) in [5, 5.41) is 0. The van der Waals surface area contributed by atoms with E-state index < -0.39 is 5.60 Å². The lowest BCUT2D eigenvalue weighted by molar-refractivity contribution is -0.126. The Hall–Kier alpha value is -1.21. The van der Waals surface area contributed by atoms with Crippen LogP contribution in [0.1, 0.15) is 6.92 Å². The van der Waals surface area contributed by atoms with Gasteiger partial charge in [-0.2, -0.15) is 0 Å². The molecule has 2 bridgehead atoms. The molecule has 2 saturated heterocycles. The summed E-state index contributed by atoms with van der Waals surface area (Å²) in [5.74, 6) is -1.03. The topological polar surface area (TPSA) is 46.6 Å². The monoisotopic (exact) mass is 381 g/mol. The maximum absolute atomic E-state index is 12.7. The van der Waals surface area contributed by atoms with Crippen LogP contribution in [0, 0.1) is 15.4 Å². The first-order valence-electron chi connectivity index (χ1n) is 6.52. The van der Waals surface area contributed by atoms with Gasteiger partial charge in [-0.1, -0.05) is 18.2 Å². The van der Waals surface area contributed by atoms with Crippen molar-refractivity contribution in [2.45, 2.75) is 18.6 Å². The van der Waals surface area contributed by atoms with E-state index in [-0.39, 0.29) is 29.8 Å². The molecule has 0 unspecified atom stereocenters. The number of fused-ring (bicyclic) bond motifs is 5. The van der Waals surface area contributed by atoms with E-state index in [1.165, 1.54) is 4.90 Å². The van der Waals surface area contributed by atoms with Crippen LogP contribution in [0.4, 0.5) is 5.69 Å². The molecule has 2 amide bonds. The summed E-state index contributed by atoms with van der Waals surface area (Å²) >= 11 is 2.18. The predicted molar refractivity (Wildman–Crippen MR) is 81.1 cm³/mol. The normalized spacial score (nSPS) is 37.9. The number of hydrogen-bond donors (Lipinski definition) is 0. The Balaban J connectivity index is 1.79. The number of imide groups is 1. The first-order valence-corrected chi connectivity index (χ1v) is 7.60. The highest BCUT2D eigenvalue weighted by atomic mass is 127. The molecule has 0 spiro atoms. The maximum atomic E-state index is 12.7. The SMILES string of the molecule is C[C@@]12C=C[C@H](O1)[C@@H]1C(=O)N(c3cccc(I)c3)C(=O)[C@@H]12. The quantitative estimate of drug-likeness (QED) is 0.426. The van der Waals surface area contributed by atoms with E-state index in [0.717, 1.165) is 3.57 Å². The lowest BCUT2D eigenvalue weighted by Crippen LogP contribution is -2.38. The summed E-state index contributed by atoms with van der Waals surface area (Å²) in [6.07, 6.45) is 3.57. The number of nitrogens with zero attached hydrogens (tertiary/aromatic N) is 1. The number of rotatable bonds is 1. The molecule has 0 saturated carbocycles. The number of benzene rings is 1. The number of halogens is 1. The third-order valence-corrected chi connectivity index (χ3v) is 5.07. The fourth-order valence-electron chi connectivity index (χ4n) is 3.52. The highest BCUT2D eigenvalue weighted by Crippen LogP contribution is 2.52. The number of anilines is 1. The van der Waals surface area contributed by atoms with E-state index in [9.17, 15) is 9.59 Å². The molecule has 4 rings (SSSR count). The Kier molecular flexibility index (Phi) is 2.45. The molecule has 0 aromatic heterocycles. The second-order valence-electron chi connectivity index (χ2n) is 5.62. The van der Waals surface area contributed by atoms with Crippen LogP contribution in [-0.2, 0) is 14.3 Å². The summed E-state index contributed by atoms with van der Waals surface area (Å²) in [7, 11) is 0. The molecular formula is C15H12INO3. The lowest BCUT2D eigenvalue weighted by Gasteiger charge is -2.24. The van der Waals surface area contributed by atoms with E-state index >= 15 is 0 Å². The Morgan fingerprint density at radius 3 is 2.80 bits per heavy atom. The third kappa shape index (κ3) is 1.45. The zero-order valence-electron chi connectivity index (χ0n) is 10.7. The number of carbonyl (C=O) groups excluding carboxylic acids is 2. The first kappa shape index (κ1) is 12.5. The van der Waals surface area contributed by atoms with Crippen molar-refractivity contribution in [2.24, 2.45) is 11.8 Å². The Bertz CT molecular complexity index is 671. The van der Waals surface area contributed by atoms with E-state index in [0.29, 0.717) is 5.69 Å². The van der Waals surface area contributed by atoms with Crippen LogP contribution in [0.5, 0.6) is 0 Å². The van der Waals surface area contributed by atoms with Crippen LogP contribution >= 0.6 is 22.6 Å². The second kappa shape index (κ2) is 3.92. The van der Waals surface area contributed by atoms with Gasteiger partial charge in [0.2, 0.25) is 11.8 Å². The van der Waals surface area contributed by atoms with Gasteiger partial charge in [0.05, 0.1) is 29.2 Å². The molecule has 1 aromatic carbocycles. The van der Waals surface area contributed by atoms with E-state index in [1.54, 1.807) is 6.07 Å². The van der Waals surface area contributed by atoms with Crippen molar-refractivity contribution in [2.75, 3.05) is 4.90 Å². The van der Waals surface area contributed by atoms with Gasteiger partial charge >= 0.3 is 0 Å². The van der Waals surface area contributed by atoms with Crippen LogP contribution in [0.3, 0.4) is 0 Å². The minimum atomic E-state index is -0.626. The van der Waals surface area contributed by atoms with Crippen molar-refractivity contribution < 1.29 is 14.3 Å². The number of ether oxygens (including phenoxy) is 1. The van der Waals surface area contributed by atoms with E-state index in [4.69, 9.17) is 4.74 Å². The van der Waals surface area contributed by atoms with Crippen LogP contribution < -0.4 is 4.90 Å². The maximum Gasteiger partial charge on any atom is 0.241 e. The standard InChI is InChI=1S/C15H12INO3/c1-15-6-5-10(20-15)11-12(15)14(19)17(13(11)18)9-4-2-3-8(16)7-9/h2-7,10-12H,1H3/t10-,11-,12+,15-/m0/s1. The molecule has 102 valence electrons. The largest absolute Gasteiger partial charge is 0.362 e. The Morgan fingerprint density at radius 2 is 2.10 bits per heavy atom. The molecule has 4 atom stereocenters. The molecule has 3 aliphatic rings. The van der Waals surface area contributed by atoms with Gasteiger partial charge in [-0.05, 0) is 47.7 Å². The molecule has 0 radical (unpaired) electrons. The molecular weight excluding hydrogens is 369 g/mol. The minimum absolute atomic E-state index is 0.139. The smallest absolute Gasteiger partial charge is 0.241 e. The molecule has 2 fully saturated rings. The molecule has 0 N–H and O–H groups in total. The third-order valence-electron chi connectivity index (χ3n) is 4.40. The average molecular weight is 381 g/mol. The number of amides is 2. The molecule has 3 aliphatic heterocycles. The van der Waals surface area contributed by atoms with Crippen molar-refractivity contribution >= 4 is 40.1 Å². The number of hydrogen-bond acceptors (Lipinski definition) is 3. The summed E-state index contributed by atoms with van der Waals surface area (Å²) in [4.78, 5) is 26.7. The van der Waals surface area contributed by atoms with Gasteiger partial charge in [0.15, 0.2) is 0 Å². The molecule has 4 nitrogen and oxygen atoms in total. The predicted octanol–water partition coefficient (Wildman–Crippen LogP) is 2.12. The fraction of sp³-hybridized carbons (Fsp3) is 0.333. The van der Waals surface area contributed by atoms with Crippen LogP contribution in [-0.4, -0.2) is 23.5 Å². The van der Waals surface area contributed by atoms with Crippen molar-refractivity contribution in [3.05, 3.63) is 40.0 Å². The van der Waals surface area contributed by atoms with Gasteiger partial charge in [-0.3, -0.25) is 9.59 Å². The van der Waals surface area contributed by atoms with Crippen LogP contribution in [0.15, 0.2) is 36.4 Å². The zero-order valence-corrected chi connectivity index (χ0v) is 12.9. The Morgan fingerprint density at radius 1 is 1.30 bits per heavy atom. The summed E-state index contributed by atoms with van der Waals surface area (Å²) in [6.45, 7) is 1.89. The summed E-state index contributed by atoms with van der Waals surface area (Å²) in [5.41, 5.74) is 0.0305. The van der Waals surface area contributed by atoms with Crippen molar-refractivity contribution in [3.8, 4) is 0 Å².